The van der Waals surface area contributed by atoms with E-state index < -0.39 is 5.97 Å². The smallest absolute Gasteiger partial charge is 0.343 e. The molecule has 0 saturated carbocycles. The van der Waals surface area contributed by atoms with Gasteiger partial charge in [-0.2, -0.15) is 0 Å². The zero-order valence-corrected chi connectivity index (χ0v) is 15.1. The van der Waals surface area contributed by atoms with Crippen LogP contribution in [0.25, 0.3) is 10.9 Å². The van der Waals surface area contributed by atoms with Crippen molar-refractivity contribution < 1.29 is 14.3 Å². The molecule has 27 heavy (non-hydrogen) atoms. The standard InChI is InChI=1S/C21H20N2O4/c1-26-17-7-4-5-8-18(17)27-21(25)14-10-11-15-16(13-14)22-19-9-3-2-6-12-23(19)20(15)24/h4-5,7-8,10-11,13H,2-3,6,9,12H2,1H3. The summed E-state index contributed by atoms with van der Waals surface area (Å²) in [6.45, 7) is 0.703. The normalized spacial score (nSPS) is 13.7. The van der Waals surface area contributed by atoms with Crippen molar-refractivity contribution in [1.29, 1.82) is 0 Å². The lowest BCUT2D eigenvalue weighted by Gasteiger charge is -2.11. The molecule has 2 heterocycles. The van der Waals surface area contributed by atoms with Crippen LogP contribution in [0.15, 0.2) is 47.3 Å². The first kappa shape index (κ1) is 17.3. The van der Waals surface area contributed by atoms with Gasteiger partial charge in [-0.25, -0.2) is 9.78 Å². The Balaban J connectivity index is 1.71. The number of hydrogen-bond acceptors (Lipinski definition) is 5. The molecule has 2 aromatic carbocycles. The number of aryl methyl sites for hydroxylation is 1. The van der Waals surface area contributed by atoms with Crippen LogP contribution in [0.2, 0.25) is 0 Å². The Kier molecular flexibility index (Phi) is 4.62. The van der Waals surface area contributed by atoms with Gasteiger partial charge in [-0.15, -0.1) is 0 Å². The van der Waals surface area contributed by atoms with Crippen LogP contribution >= 0.6 is 0 Å². The third-order valence-electron chi connectivity index (χ3n) is 4.82. The van der Waals surface area contributed by atoms with E-state index in [1.54, 1.807) is 47.0 Å². The fraction of sp³-hybridized carbons (Fsp3) is 0.286. The maximum atomic E-state index is 12.8. The zero-order valence-electron chi connectivity index (χ0n) is 15.1. The zero-order chi connectivity index (χ0) is 18.8. The van der Waals surface area contributed by atoms with Crippen molar-refractivity contribution in [3.8, 4) is 11.5 Å². The Morgan fingerprint density at radius 1 is 1.07 bits per heavy atom. The maximum Gasteiger partial charge on any atom is 0.343 e. The van der Waals surface area contributed by atoms with Crippen molar-refractivity contribution >= 4 is 16.9 Å². The average Bonchev–Trinajstić information content (AvgIpc) is 2.94. The largest absolute Gasteiger partial charge is 0.493 e. The molecular weight excluding hydrogens is 344 g/mol. The molecule has 0 radical (unpaired) electrons. The first-order chi connectivity index (χ1) is 13.2. The van der Waals surface area contributed by atoms with Gasteiger partial charge in [0.25, 0.3) is 5.56 Å². The van der Waals surface area contributed by atoms with Gasteiger partial charge >= 0.3 is 5.97 Å². The summed E-state index contributed by atoms with van der Waals surface area (Å²) in [4.78, 5) is 30.0. The Morgan fingerprint density at radius 3 is 2.70 bits per heavy atom. The summed E-state index contributed by atoms with van der Waals surface area (Å²) in [5.41, 5.74) is 0.836. The van der Waals surface area contributed by atoms with Gasteiger partial charge in [-0.05, 0) is 43.2 Å². The minimum atomic E-state index is -0.516. The van der Waals surface area contributed by atoms with Gasteiger partial charge in [-0.3, -0.25) is 9.36 Å². The van der Waals surface area contributed by atoms with Gasteiger partial charge in [0, 0.05) is 13.0 Å². The summed E-state index contributed by atoms with van der Waals surface area (Å²) in [6.07, 6.45) is 3.88. The third kappa shape index (κ3) is 3.30. The maximum absolute atomic E-state index is 12.8. The quantitative estimate of drug-likeness (QED) is 0.526. The van der Waals surface area contributed by atoms with Gasteiger partial charge in [-0.1, -0.05) is 18.6 Å². The molecule has 6 heteroatoms. The number of carbonyl (C=O) groups excluding carboxylic acids is 1. The summed E-state index contributed by atoms with van der Waals surface area (Å²) in [5, 5.41) is 0.523. The fourth-order valence-electron chi connectivity index (χ4n) is 3.41. The van der Waals surface area contributed by atoms with E-state index >= 15 is 0 Å². The van der Waals surface area contributed by atoms with E-state index in [2.05, 4.69) is 4.98 Å². The van der Waals surface area contributed by atoms with Crippen LogP contribution < -0.4 is 15.0 Å². The molecule has 1 aliphatic rings. The number of aromatic nitrogens is 2. The topological polar surface area (TPSA) is 70.4 Å². The van der Waals surface area contributed by atoms with Gasteiger partial charge in [0.1, 0.15) is 5.82 Å². The number of methoxy groups -OCH3 is 1. The monoisotopic (exact) mass is 364 g/mol. The molecule has 0 bridgehead atoms. The summed E-state index contributed by atoms with van der Waals surface area (Å²) >= 11 is 0. The van der Waals surface area contributed by atoms with E-state index in [9.17, 15) is 9.59 Å². The number of ether oxygens (including phenoxy) is 2. The molecule has 1 aromatic heterocycles. The molecule has 0 spiro atoms. The van der Waals surface area contributed by atoms with E-state index in [0.29, 0.717) is 34.5 Å². The lowest BCUT2D eigenvalue weighted by atomic mass is 10.1. The van der Waals surface area contributed by atoms with E-state index in [1.165, 1.54) is 7.11 Å². The highest BCUT2D eigenvalue weighted by atomic mass is 16.6. The predicted molar refractivity (Wildman–Crippen MR) is 102 cm³/mol. The number of rotatable bonds is 3. The van der Waals surface area contributed by atoms with Crippen LogP contribution in [-0.2, 0) is 13.0 Å². The number of carbonyl (C=O) groups is 1. The van der Waals surface area contributed by atoms with Gasteiger partial charge < -0.3 is 9.47 Å². The molecule has 0 amide bonds. The van der Waals surface area contributed by atoms with Crippen molar-refractivity contribution in [1.82, 2.24) is 9.55 Å². The predicted octanol–water partition coefficient (Wildman–Crippen LogP) is 3.35. The molecule has 0 aliphatic carbocycles. The number of hydrogen-bond donors (Lipinski definition) is 0. The molecule has 0 unspecified atom stereocenters. The summed E-state index contributed by atoms with van der Waals surface area (Å²) < 4.78 is 12.4. The highest BCUT2D eigenvalue weighted by molar-refractivity contribution is 5.95. The number of benzene rings is 2. The van der Waals surface area contributed by atoms with E-state index in [-0.39, 0.29) is 5.56 Å². The number of nitrogens with zero attached hydrogens (tertiary/aromatic N) is 2. The lowest BCUT2D eigenvalue weighted by molar-refractivity contribution is 0.0730. The van der Waals surface area contributed by atoms with Crippen LogP contribution in [0.5, 0.6) is 11.5 Å². The Bertz CT molecular complexity index is 1070. The Hall–Kier alpha value is -3.15. The number of fused-ring (bicyclic) bond motifs is 2. The third-order valence-corrected chi connectivity index (χ3v) is 4.82. The SMILES string of the molecule is COc1ccccc1OC(=O)c1ccc2c(=O)n3c(nc2c1)CCCCC3. The second-order valence-electron chi connectivity index (χ2n) is 6.57. The average molecular weight is 364 g/mol. The molecule has 6 nitrogen and oxygen atoms in total. The van der Waals surface area contributed by atoms with Crippen LogP contribution in [0.3, 0.4) is 0 Å². The lowest BCUT2D eigenvalue weighted by Crippen LogP contribution is -2.24. The van der Waals surface area contributed by atoms with Crippen molar-refractivity contribution in [3.05, 3.63) is 64.2 Å². The van der Waals surface area contributed by atoms with Crippen molar-refractivity contribution in [3.63, 3.8) is 0 Å². The molecule has 1 aliphatic heterocycles. The summed E-state index contributed by atoms with van der Waals surface area (Å²) in [6, 6.07) is 11.8. The molecular formula is C21H20N2O4. The van der Waals surface area contributed by atoms with Gasteiger partial charge in [0.05, 0.1) is 23.6 Å². The first-order valence-electron chi connectivity index (χ1n) is 9.06. The minimum absolute atomic E-state index is 0.0402. The van der Waals surface area contributed by atoms with Gasteiger partial charge in [0.2, 0.25) is 0 Å². The summed E-state index contributed by atoms with van der Waals surface area (Å²) in [5.74, 6) is 1.10. The fourth-order valence-corrected chi connectivity index (χ4v) is 3.41. The molecule has 138 valence electrons. The summed E-state index contributed by atoms with van der Waals surface area (Å²) in [7, 11) is 1.52. The van der Waals surface area contributed by atoms with Crippen LogP contribution in [0.4, 0.5) is 0 Å². The molecule has 4 rings (SSSR count). The van der Waals surface area contributed by atoms with Crippen molar-refractivity contribution in [2.24, 2.45) is 0 Å². The second kappa shape index (κ2) is 7.23. The van der Waals surface area contributed by atoms with E-state index in [0.717, 1.165) is 31.5 Å². The molecule has 0 N–H and O–H groups in total. The van der Waals surface area contributed by atoms with Gasteiger partial charge in [0.15, 0.2) is 11.5 Å². The molecule has 0 fully saturated rings. The van der Waals surface area contributed by atoms with Crippen molar-refractivity contribution in [2.75, 3.05) is 7.11 Å². The highest BCUT2D eigenvalue weighted by Gasteiger charge is 2.17. The van der Waals surface area contributed by atoms with Crippen LogP contribution in [0.1, 0.15) is 35.4 Å². The molecule has 0 atom stereocenters. The Morgan fingerprint density at radius 2 is 1.89 bits per heavy atom. The molecule has 0 saturated heterocycles. The minimum Gasteiger partial charge on any atom is -0.493 e. The van der Waals surface area contributed by atoms with E-state index in [1.807, 2.05) is 0 Å². The van der Waals surface area contributed by atoms with Crippen LogP contribution in [0, 0.1) is 0 Å². The Labute approximate surface area is 156 Å². The first-order valence-corrected chi connectivity index (χ1v) is 9.06. The van der Waals surface area contributed by atoms with Crippen molar-refractivity contribution in [2.45, 2.75) is 32.2 Å². The molecule has 3 aromatic rings. The van der Waals surface area contributed by atoms with E-state index in [4.69, 9.17) is 9.47 Å². The second-order valence-corrected chi connectivity index (χ2v) is 6.57. The highest BCUT2D eigenvalue weighted by Crippen LogP contribution is 2.27. The number of para-hydroxylation sites is 2. The van der Waals surface area contributed by atoms with Crippen LogP contribution in [-0.4, -0.2) is 22.6 Å². The number of esters is 1.